The van der Waals surface area contributed by atoms with Crippen LogP contribution in [0.25, 0.3) is 11.0 Å². The Bertz CT molecular complexity index is 780. The van der Waals surface area contributed by atoms with Crippen LogP contribution in [0.3, 0.4) is 0 Å². The van der Waals surface area contributed by atoms with Crippen molar-refractivity contribution in [1.29, 1.82) is 0 Å². The number of halogens is 1. The van der Waals surface area contributed by atoms with E-state index in [1.54, 1.807) is 6.07 Å². The number of fused-ring (bicyclic) bond motifs is 1. The van der Waals surface area contributed by atoms with Crippen LogP contribution in [0.2, 0.25) is 5.02 Å². The molecule has 0 fully saturated rings. The molecule has 1 aromatic heterocycles. The zero-order chi connectivity index (χ0) is 15.0. The number of para-hydroxylation sites is 1. The lowest BCUT2D eigenvalue weighted by Crippen LogP contribution is -2.12. The molecule has 0 bridgehead atoms. The fraction of sp³-hybridized carbons (Fsp3) is 0.118. The molecule has 0 radical (unpaired) electrons. The van der Waals surface area contributed by atoms with Gasteiger partial charge in [-0.25, -0.2) is 0 Å². The maximum Gasteiger partial charge on any atom is 0.291 e. The molecule has 0 saturated heterocycles. The molecule has 3 rings (SSSR count). The Morgan fingerprint density at radius 2 is 1.90 bits per heavy atom. The van der Waals surface area contributed by atoms with Crippen molar-refractivity contribution in [2.45, 2.75) is 13.8 Å². The molecule has 2 aromatic carbocycles. The van der Waals surface area contributed by atoms with Gasteiger partial charge in [-0.1, -0.05) is 35.9 Å². The molecule has 0 aliphatic carbocycles. The minimum absolute atomic E-state index is 0.271. The second kappa shape index (κ2) is 5.26. The minimum atomic E-state index is -0.306. The molecule has 21 heavy (non-hydrogen) atoms. The Morgan fingerprint density at radius 1 is 1.14 bits per heavy atom. The molecule has 0 aliphatic rings. The zero-order valence-electron chi connectivity index (χ0n) is 11.7. The van der Waals surface area contributed by atoms with Crippen molar-refractivity contribution in [3.05, 3.63) is 64.4 Å². The molecule has 1 amide bonds. The number of amides is 1. The van der Waals surface area contributed by atoms with E-state index in [4.69, 9.17) is 16.0 Å². The number of benzene rings is 2. The number of hydrogen-bond acceptors (Lipinski definition) is 2. The van der Waals surface area contributed by atoms with Crippen LogP contribution in [0.15, 0.2) is 46.9 Å². The molecule has 3 nitrogen and oxygen atoms in total. The van der Waals surface area contributed by atoms with E-state index in [0.29, 0.717) is 16.3 Å². The van der Waals surface area contributed by atoms with Gasteiger partial charge in [0.25, 0.3) is 5.91 Å². The second-order valence-electron chi connectivity index (χ2n) is 5.04. The van der Waals surface area contributed by atoms with Crippen molar-refractivity contribution in [1.82, 2.24) is 0 Å². The molecule has 0 aliphatic heterocycles. The van der Waals surface area contributed by atoms with Crippen molar-refractivity contribution in [2.24, 2.45) is 0 Å². The van der Waals surface area contributed by atoms with E-state index in [9.17, 15) is 4.79 Å². The zero-order valence-corrected chi connectivity index (χ0v) is 12.5. The van der Waals surface area contributed by atoms with Gasteiger partial charge in [-0.2, -0.15) is 0 Å². The first-order valence-corrected chi connectivity index (χ1v) is 6.99. The fourth-order valence-electron chi connectivity index (χ4n) is 2.34. The SMILES string of the molecule is Cc1cc(C)c(NC(=O)c2cc3ccccc3o2)c(Cl)c1. The highest BCUT2D eigenvalue weighted by Crippen LogP contribution is 2.28. The minimum Gasteiger partial charge on any atom is -0.451 e. The maximum absolute atomic E-state index is 12.3. The van der Waals surface area contributed by atoms with Crippen molar-refractivity contribution in [3.63, 3.8) is 0 Å². The van der Waals surface area contributed by atoms with Crippen molar-refractivity contribution in [3.8, 4) is 0 Å². The summed E-state index contributed by atoms with van der Waals surface area (Å²) in [6, 6.07) is 13.0. The summed E-state index contributed by atoms with van der Waals surface area (Å²) in [5, 5.41) is 4.24. The largest absolute Gasteiger partial charge is 0.451 e. The standard InChI is InChI=1S/C17H14ClNO2/c1-10-7-11(2)16(13(18)8-10)19-17(20)15-9-12-5-3-4-6-14(12)21-15/h3-9H,1-2H3,(H,19,20). The average Bonchev–Trinajstić information content (AvgIpc) is 2.86. The molecule has 0 saturated carbocycles. The number of hydrogen-bond donors (Lipinski definition) is 1. The van der Waals surface area contributed by atoms with Gasteiger partial charge in [-0.15, -0.1) is 0 Å². The predicted octanol–water partition coefficient (Wildman–Crippen LogP) is 4.96. The van der Waals surface area contributed by atoms with Crippen LogP contribution in [-0.4, -0.2) is 5.91 Å². The van der Waals surface area contributed by atoms with E-state index in [1.807, 2.05) is 50.2 Å². The number of carbonyl (C=O) groups is 1. The van der Waals surface area contributed by atoms with Gasteiger partial charge in [0.2, 0.25) is 0 Å². The number of anilines is 1. The average molecular weight is 300 g/mol. The Kier molecular flexibility index (Phi) is 3.43. The van der Waals surface area contributed by atoms with Crippen molar-refractivity contribution < 1.29 is 9.21 Å². The lowest BCUT2D eigenvalue weighted by atomic mass is 10.1. The smallest absolute Gasteiger partial charge is 0.291 e. The van der Waals surface area contributed by atoms with Crippen molar-refractivity contribution in [2.75, 3.05) is 5.32 Å². The van der Waals surface area contributed by atoms with Crippen LogP contribution >= 0.6 is 11.6 Å². The monoisotopic (exact) mass is 299 g/mol. The molecule has 0 atom stereocenters. The molecule has 0 unspecified atom stereocenters. The summed E-state index contributed by atoms with van der Waals surface area (Å²) < 4.78 is 5.55. The molecular weight excluding hydrogens is 286 g/mol. The normalized spacial score (nSPS) is 10.8. The summed E-state index contributed by atoms with van der Waals surface area (Å²) in [5.41, 5.74) is 3.28. The highest BCUT2D eigenvalue weighted by atomic mass is 35.5. The van der Waals surface area contributed by atoms with Crippen LogP contribution in [0.4, 0.5) is 5.69 Å². The van der Waals surface area contributed by atoms with Gasteiger partial charge in [0, 0.05) is 5.39 Å². The van der Waals surface area contributed by atoms with E-state index in [-0.39, 0.29) is 11.7 Å². The Labute approximate surface area is 127 Å². The summed E-state index contributed by atoms with van der Waals surface area (Å²) in [4.78, 5) is 12.3. The summed E-state index contributed by atoms with van der Waals surface area (Å²) in [6.07, 6.45) is 0. The summed E-state index contributed by atoms with van der Waals surface area (Å²) >= 11 is 6.20. The number of rotatable bonds is 2. The van der Waals surface area contributed by atoms with Gasteiger partial charge in [-0.05, 0) is 43.2 Å². The van der Waals surface area contributed by atoms with Gasteiger partial charge in [0.1, 0.15) is 5.58 Å². The first kappa shape index (κ1) is 13.7. The lowest BCUT2D eigenvalue weighted by molar-refractivity contribution is 0.0998. The van der Waals surface area contributed by atoms with Gasteiger partial charge in [0.05, 0.1) is 10.7 Å². The molecule has 1 heterocycles. The summed E-state index contributed by atoms with van der Waals surface area (Å²) in [5.74, 6) is -0.0349. The predicted molar refractivity (Wildman–Crippen MR) is 85.1 cm³/mol. The molecule has 4 heteroatoms. The Morgan fingerprint density at radius 3 is 2.62 bits per heavy atom. The third kappa shape index (κ3) is 2.65. The van der Waals surface area contributed by atoms with Gasteiger partial charge in [-0.3, -0.25) is 4.79 Å². The molecular formula is C17H14ClNO2. The first-order valence-electron chi connectivity index (χ1n) is 6.61. The summed E-state index contributed by atoms with van der Waals surface area (Å²) in [6.45, 7) is 3.87. The Balaban J connectivity index is 1.93. The molecule has 1 N–H and O–H groups in total. The van der Waals surface area contributed by atoms with E-state index >= 15 is 0 Å². The topological polar surface area (TPSA) is 42.2 Å². The number of aryl methyl sites for hydroxylation is 2. The quantitative estimate of drug-likeness (QED) is 0.727. The van der Waals surface area contributed by atoms with Gasteiger partial charge >= 0.3 is 0 Å². The third-order valence-electron chi connectivity index (χ3n) is 3.32. The highest BCUT2D eigenvalue weighted by Gasteiger charge is 2.15. The number of nitrogens with one attached hydrogen (secondary N) is 1. The first-order chi connectivity index (χ1) is 10.0. The molecule has 106 valence electrons. The highest BCUT2D eigenvalue weighted by molar-refractivity contribution is 6.34. The lowest BCUT2D eigenvalue weighted by Gasteiger charge is -2.10. The van der Waals surface area contributed by atoms with Crippen molar-refractivity contribution >= 4 is 34.2 Å². The van der Waals surface area contributed by atoms with Crippen LogP contribution < -0.4 is 5.32 Å². The number of carbonyl (C=O) groups excluding carboxylic acids is 1. The van der Waals surface area contributed by atoms with Crippen LogP contribution in [0, 0.1) is 13.8 Å². The van der Waals surface area contributed by atoms with Gasteiger partial charge < -0.3 is 9.73 Å². The number of furan rings is 1. The fourth-order valence-corrected chi connectivity index (χ4v) is 2.71. The van der Waals surface area contributed by atoms with Crippen LogP contribution in [0.5, 0.6) is 0 Å². The van der Waals surface area contributed by atoms with E-state index < -0.39 is 0 Å². The molecule has 0 spiro atoms. The van der Waals surface area contributed by atoms with E-state index in [2.05, 4.69) is 5.32 Å². The van der Waals surface area contributed by atoms with E-state index in [1.165, 1.54) is 0 Å². The Hall–Kier alpha value is -2.26. The summed E-state index contributed by atoms with van der Waals surface area (Å²) in [7, 11) is 0. The van der Waals surface area contributed by atoms with Gasteiger partial charge in [0.15, 0.2) is 5.76 Å². The molecule has 3 aromatic rings. The third-order valence-corrected chi connectivity index (χ3v) is 3.62. The second-order valence-corrected chi connectivity index (χ2v) is 5.45. The van der Waals surface area contributed by atoms with Crippen LogP contribution in [-0.2, 0) is 0 Å². The van der Waals surface area contributed by atoms with Crippen LogP contribution in [0.1, 0.15) is 21.7 Å². The van der Waals surface area contributed by atoms with E-state index in [0.717, 1.165) is 16.5 Å². The maximum atomic E-state index is 12.3.